The van der Waals surface area contributed by atoms with Crippen LogP contribution in [-0.2, 0) is 14.8 Å². The van der Waals surface area contributed by atoms with Crippen molar-refractivity contribution in [1.29, 1.82) is 0 Å². The molecule has 0 fully saturated rings. The Bertz CT molecular complexity index is 1280. The predicted octanol–water partition coefficient (Wildman–Crippen LogP) is 2.19. The summed E-state index contributed by atoms with van der Waals surface area (Å²) < 4.78 is 36.8. The maximum atomic E-state index is 12.6. The van der Waals surface area contributed by atoms with Gasteiger partial charge < -0.3 is 20.1 Å². The summed E-state index contributed by atoms with van der Waals surface area (Å²) in [5, 5.41) is 5.09. The molecule has 0 spiro atoms. The summed E-state index contributed by atoms with van der Waals surface area (Å²) in [6.45, 7) is 0.551. The zero-order chi connectivity index (χ0) is 25.3. The molecule has 182 valence electrons. The number of hydrogen-bond acceptors (Lipinski definition) is 8. The van der Waals surface area contributed by atoms with E-state index in [-0.39, 0.29) is 28.8 Å². The normalized spacial score (nSPS) is 10.8. The number of benzene rings is 2. The number of nitrogens with one attached hydrogen (secondary N) is 3. The quantitative estimate of drug-likeness (QED) is 0.380. The molecule has 0 aliphatic carbocycles. The summed E-state index contributed by atoms with van der Waals surface area (Å²) in [5.41, 5.74) is 0.774. The van der Waals surface area contributed by atoms with Crippen molar-refractivity contribution in [3.63, 3.8) is 0 Å². The SMILES string of the molecule is COCCNC(=O)Oc1ccc(C(=O)NS(=O)(=O)c2ccc(NC(=O)c3ccccc3)cc2)cn1. The topological polar surface area (TPSA) is 153 Å². The van der Waals surface area contributed by atoms with Crippen LogP contribution in [0.1, 0.15) is 20.7 Å². The Morgan fingerprint density at radius 1 is 0.886 bits per heavy atom. The van der Waals surface area contributed by atoms with Crippen LogP contribution in [0.4, 0.5) is 10.5 Å². The third-order valence-electron chi connectivity index (χ3n) is 4.46. The van der Waals surface area contributed by atoms with Crippen LogP contribution in [0.25, 0.3) is 0 Å². The second kappa shape index (κ2) is 11.7. The molecule has 0 aliphatic heterocycles. The lowest BCUT2D eigenvalue weighted by Gasteiger charge is -2.09. The number of carbonyl (C=O) groups excluding carboxylic acids is 3. The molecule has 0 radical (unpaired) electrons. The van der Waals surface area contributed by atoms with Crippen LogP contribution in [0, 0.1) is 0 Å². The van der Waals surface area contributed by atoms with Crippen molar-refractivity contribution in [3.05, 3.63) is 84.1 Å². The highest BCUT2D eigenvalue weighted by Gasteiger charge is 2.19. The second-order valence-electron chi connectivity index (χ2n) is 6.97. The Kier molecular flexibility index (Phi) is 8.48. The van der Waals surface area contributed by atoms with Gasteiger partial charge in [-0.25, -0.2) is 22.9 Å². The fraction of sp³-hybridized carbons (Fsp3) is 0.130. The van der Waals surface area contributed by atoms with Crippen molar-refractivity contribution >= 4 is 33.6 Å². The molecule has 12 heteroatoms. The molecule has 0 saturated heterocycles. The smallest absolute Gasteiger partial charge is 0.391 e. The van der Waals surface area contributed by atoms with Crippen LogP contribution in [0.15, 0.2) is 77.8 Å². The maximum Gasteiger partial charge on any atom is 0.414 e. The van der Waals surface area contributed by atoms with Crippen LogP contribution in [-0.4, -0.2) is 51.6 Å². The standard InChI is InChI=1S/C23H22N4O7S/c1-33-14-13-24-23(30)34-20-12-7-17(15-25-20)22(29)27-35(31,32)19-10-8-18(9-11-19)26-21(28)16-5-3-2-4-6-16/h2-12,15H,13-14H2,1H3,(H,24,30)(H,26,28)(H,27,29). The first-order valence-corrected chi connectivity index (χ1v) is 11.7. The average Bonchev–Trinajstić information content (AvgIpc) is 2.85. The van der Waals surface area contributed by atoms with Gasteiger partial charge in [-0.1, -0.05) is 18.2 Å². The minimum Gasteiger partial charge on any atom is -0.391 e. The molecule has 0 aliphatic rings. The van der Waals surface area contributed by atoms with Crippen LogP contribution in [0.2, 0.25) is 0 Å². The van der Waals surface area contributed by atoms with E-state index in [4.69, 9.17) is 9.47 Å². The molecule has 1 heterocycles. The highest BCUT2D eigenvalue weighted by atomic mass is 32.2. The van der Waals surface area contributed by atoms with Gasteiger partial charge in [-0.05, 0) is 42.5 Å². The van der Waals surface area contributed by atoms with Crippen molar-refractivity contribution in [2.45, 2.75) is 4.90 Å². The highest BCUT2D eigenvalue weighted by Crippen LogP contribution is 2.16. The Hall–Kier alpha value is -4.29. The molecule has 0 saturated carbocycles. The number of carbonyl (C=O) groups is 3. The third kappa shape index (κ3) is 7.35. The molecule has 11 nitrogen and oxygen atoms in total. The summed E-state index contributed by atoms with van der Waals surface area (Å²) in [6, 6.07) is 16.4. The van der Waals surface area contributed by atoms with Gasteiger partial charge in [-0.15, -0.1) is 0 Å². The van der Waals surface area contributed by atoms with Crippen molar-refractivity contribution in [2.75, 3.05) is 25.6 Å². The molecule has 3 aromatic rings. The van der Waals surface area contributed by atoms with E-state index >= 15 is 0 Å². The molecule has 1 aromatic heterocycles. The summed E-state index contributed by atoms with van der Waals surface area (Å²) in [4.78, 5) is 39.8. The van der Waals surface area contributed by atoms with E-state index in [1.807, 2.05) is 4.72 Å². The Labute approximate surface area is 201 Å². The van der Waals surface area contributed by atoms with Gasteiger partial charge in [0.1, 0.15) is 0 Å². The first kappa shape index (κ1) is 25.3. The molecule has 3 amide bonds. The number of anilines is 1. The van der Waals surface area contributed by atoms with Gasteiger partial charge in [-0.2, -0.15) is 0 Å². The number of pyridine rings is 1. The van der Waals surface area contributed by atoms with Gasteiger partial charge in [-0.3, -0.25) is 9.59 Å². The molecule has 2 aromatic carbocycles. The zero-order valence-corrected chi connectivity index (χ0v) is 19.4. The van der Waals surface area contributed by atoms with E-state index in [9.17, 15) is 22.8 Å². The largest absolute Gasteiger partial charge is 0.414 e. The number of ether oxygens (including phenoxy) is 2. The Morgan fingerprint density at radius 3 is 2.23 bits per heavy atom. The lowest BCUT2D eigenvalue weighted by atomic mass is 10.2. The van der Waals surface area contributed by atoms with Crippen molar-refractivity contribution < 1.29 is 32.3 Å². The molecule has 0 unspecified atom stereocenters. The van der Waals surface area contributed by atoms with Gasteiger partial charge >= 0.3 is 6.09 Å². The molecular formula is C23H22N4O7S. The van der Waals surface area contributed by atoms with Crippen LogP contribution >= 0.6 is 0 Å². The maximum absolute atomic E-state index is 12.6. The van der Waals surface area contributed by atoms with E-state index in [0.717, 1.165) is 6.20 Å². The monoisotopic (exact) mass is 498 g/mol. The number of hydrogen-bond donors (Lipinski definition) is 3. The van der Waals surface area contributed by atoms with Gasteiger partial charge in [0.2, 0.25) is 5.88 Å². The summed E-state index contributed by atoms with van der Waals surface area (Å²) in [7, 11) is -2.71. The first-order valence-electron chi connectivity index (χ1n) is 10.2. The fourth-order valence-electron chi connectivity index (χ4n) is 2.71. The number of sulfonamides is 1. The predicted molar refractivity (Wildman–Crippen MR) is 126 cm³/mol. The Morgan fingerprint density at radius 2 is 1.60 bits per heavy atom. The Balaban J connectivity index is 1.58. The molecular weight excluding hydrogens is 476 g/mol. The molecule has 3 N–H and O–H groups in total. The second-order valence-corrected chi connectivity index (χ2v) is 8.66. The van der Waals surface area contributed by atoms with Crippen molar-refractivity contribution in [3.8, 4) is 5.88 Å². The number of rotatable bonds is 9. The zero-order valence-electron chi connectivity index (χ0n) is 18.6. The van der Waals surface area contributed by atoms with Gasteiger partial charge in [0, 0.05) is 37.2 Å². The lowest BCUT2D eigenvalue weighted by Crippen LogP contribution is -2.31. The van der Waals surface area contributed by atoms with Gasteiger partial charge in [0.25, 0.3) is 21.8 Å². The minimum atomic E-state index is -4.19. The molecule has 35 heavy (non-hydrogen) atoms. The van der Waals surface area contributed by atoms with E-state index in [0.29, 0.717) is 17.9 Å². The van der Waals surface area contributed by atoms with Crippen molar-refractivity contribution in [1.82, 2.24) is 15.0 Å². The van der Waals surface area contributed by atoms with Crippen LogP contribution < -0.4 is 20.1 Å². The number of amides is 3. The average molecular weight is 499 g/mol. The van der Waals surface area contributed by atoms with Crippen molar-refractivity contribution in [2.24, 2.45) is 0 Å². The number of methoxy groups -OCH3 is 1. The number of nitrogens with zero attached hydrogens (tertiary/aromatic N) is 1. The highest BCUT2D eigenvalue weighted by molar-refractivity contribution is 7.90. The van der Waals surface area contributed by atoms with Gasteiger partial charge in [0.05, 0.1) is 17.1 Å². The third-order valence-corrected chi connectivity index (χ3v) is 5.80. The number of aromatic nitrogens is 1. The minimum absolute atomic E-state index is 0.0625. The molecule has 0 bridgehead atoms. The van der Waals surface area contributed by atoms with E-state index < -0.39 is 22.0 Å². The van der Waals surface area contributed by atoms with E-state index in [1.165, 1.54) is 43.5 Å². The van der Waals surface area contributed by atoms with E-state index in [1.54, 1.807) is 30.3 Å². The summed E-state index contributed by atoms with van der Waals surface area (Å²) in [5.74, 6) is -1.34. The first-order chi connectivity index (χ1) is 16.8. The van der Waals surface area contributed by atoms with Gasteiger partial charge in [0.15, 0.2) is 0 Å². The molecule has 0 atom stereocenters. The fourth-order valence-corrected chi connectivity index (χ4v) is 3.69. The lowest BCUT2D eigenvalue weighted by molar-refractivity contribution is 0.0979. The summed E-state index contributed by atoms with van der Waals surface area (Å²) >= 11 is 0. The van der Waals surface area contributed by atoms with E-state index in [2.05, 4.69) is 15.6 Å². The molecule has 3 rings (SSSR count). The van der Waals surface area contributed by atoms with Crippen LogP contribution in [0.3, 0.4) is 0 Å². The van der Waals surface area contributed by atoms with Crippen LogP contribution in [0.5, 0.6) is 5.88 Å². The summed E-state index contributed by atoms with van der Waals surface area (Å²) in [6.07, 6.45) is 0.322.